The fourth-order valence-corrected chi connectivity index (χ4v) is 4.39. The Morgan fingerprint density at radius 2 is 1.71 bits per heavy atom. The van der Waals surface area contributed by atoms with Gasteiger partial charge in [0.2, 0.25) is 5.91 Å². The van der Waals surface area contributed by atoms with Crippen molar-refractivity contribution in [1.29, 1.82) is 0 Å². The molecule has 0 spiro atoms. The number of nitrogens with two attached hydrogens (primary N) is 1. The standard InChI is InChI=1S/C16H14Cl3NO3.C7H9NO3S/c17-10-6-13(18)12(14(19)7-10)8-23-11-3-1-9(2-4-11)5-15(20)16(21)22;1-4(9)8-3-5(12)2-6(8)7(10)11/h1-4,6-7,15H,5,8,20H2,(H,21,22);6H,2-3H2,1H3,(H,10,11)/t15-;6-/m00/s1. The predicted octanol–water partition coefficient (Wildman–Crippen LogP) is 4.24. The van der Waals surface area contributed by atoms with E-state index in [0.717, 1.165) is 5.56 Å². The first-order valence-electron chi connectivity index (χ1n) is 10.2. The van der Waals surface area contributed by atoms with Crippen LogP contribution in [0.5, 0.6) is 5.75 Å². The molecular formula is C23H23Cl3N2O6S. The van der Waals surface area contributed by atoms with Crippen molar-refractivity contribution in [2.75, 3.05) is 6.54 Å². The Balaban J connectivity index is 0.000000303. The van der Waals surface area contributed by atoms with Gasteiger partial charge in [-0.25, -0.2) is 4.79 Å². The molecule has 188 valence electrons. The Morgan fingerprint density at radius 1 is 1.14 bits per heavy atom. The summed E-state index contributed by atoms with van der Waals surface area (Å²) in [5.41, 5.74) is 6.96. The first kappa shape index (κ1) is 28.8. The van der Waals surface area contributed by atoms with Gasteiger partial charge in [-0.1, -0.05) is 59.2 Å². The van der Waals surface area contributed by atoms with E-state index >= 15 is 0 Å². The molecule has 1 saturated heterocycles. The summed E-state index contributed by atoms with van der Waals surface area (Å²) in [5.74, 6) is -1.63. The Bertz CT molecular complexity index is 1070. The minimum absolute atomic E-state index is 0.197. The number of carbonyl (C=O) groups is 3. The minimum atomic E-state index is -1.03. The van der Waals surface area contributed by atoms with E-state index in [1.165, 1.54) is 11.8 Å². The zero-order valence-electron chi connectivity index (χ0n) is 18.5. The number of hydrogen-bond acceptors (Lipinski definition) is 6. The maximum Gasteiger partial charge on any atom is 0.326 e. The van der Waals surface area contributed by atoms with Crippen molar-refractivity contribution in [3.63, 3.8) is 0 Å². The molecule has 2 aromatic carbocycles. The topological polar surface area (TPSA) is 130 Å². The number of carbonyl (C=O) groups excluding carboxylic acids is 1. The van der Waals surface area contributed by atoms with Crippen molar-refractivity contribution in [3.05, 3.63) is 62.6 Å². The summed E-state index contributed by atoms with van der Waals surface area (Å²) in [6.07, 6.45) is 0.564. The van der Waals surface area contributed by atoms with Gasteiger partial charge in [0.15, 0.2) is 0 Å². The molecule has 3 rings (SSSR count). The van der Waals surface area contributed by atoms with Gasteiger partial charge >= 0.3 is 11.9 Å². The van der Waals surface area contributed by atoms with Crippen LogP contribution in [0.25, 0.3) is 0 Å². The van der Waals surface area contributed by atoms with Gasteiger partial charge in [0.05, 0.1) is 16.6 Å². The van der Waals surface area contributed by atoms with Gasteiger partial charge in [-0.15, -0.1) is 0 Å². The molecule has 0 aliphatic carbocycles. The molecule has 1 heterocycles. The molecule has 0 unspecified atom stereocenters. The molecular weight excluding hydrogens is 539 g/mol. The molecule has 35 heavy (non-hydrogen) atoms. The maximum atomic E-state index is 10.9. The first-order chi connectivity index (χ1) is 16.4. The summed E-state index contributed by atoms with van der Waals surface area (Å²) in [7, 11) is 0. The van der Waals surface area contributed by atoms with Crippen molar-refractivity contribution in [3.8, 4) is 5.75 Å². The third kappa shape index (κ3) is 8.63. The Labute approximate surface area is 222 Å². The summed E-state index contributed by atoms with van der Waals surface area (Å²) < 4.78 is 5.64. The monoisotopic (exact) mass is 560 g/mol. The van der Waals surface area contributed by atoms with Gasteiger partial charge < -0.3 is 25.6 Å². The van der Waals surface area contributed by atoms with E-state index in [2.05, 4.69) is 0 Å². The highest BCUT2D eigenvalue weighted by Gasteiger charge is 2.34. The molecule has 0 saturated carbocycles. The van der Waals surface area contributed by atoms with Crippen LogP contribution in [-0.4, -0.2) is 56.5 Å². The smallest absolute Gasteiger partial charge is 0.326 e. The number of ether oxygens (including phenoxy) is 1. The minimum Gasteiger partial charge on any atom is -0.489 e. The van der Waals surface area contributed by atoms with Gasteiger partial charge in [-0.2, -0.15) is 0 Å². The molecule has 12 heteroatoms. The number of nitrogens with zero attached hydrogens (tertiary/aromatic N) is 1. The van der Waals surface area contributed by atoms with Gasteiger partial charge in [0.1, 0.15) is 24.4 Å². The second kappa shape index (κ2) is 13.0. The molecule has 4 N–H and O–H groups in total. The lowest BCUT2D eigenvalue weighted by molar-refractivity contribution is -0.147. The van der Waals surface area contributed by atoms with Crippen molar-refractivity contribution in [1.82, 2.24) is 4.90 Å². The van der Waals surface area contributed by atoms with Crippen molar-refractivity contribution >= 4 is 69.7 Å². The molecule has 0 radical (unpaired) electrons. The van der Waals surface area contributed by atoms with Crippen molar-refractivity contribution in [2.24, 2.45) is 5.73 Å². The predicted molar refractivity (Wildman–Crippen MR) is 138 cm³/mol. The van der Waals surface area contributed by atoms with Crippen molar-refractivity contribution < 1.29 is 29.3 Å². The van der Waals surface area contributed by atoms with E-state index in [1.807, 2.05) is 0 Å². The molecule has 8 nitrogen and oxygen atoms in total. The van der Waals surface area contributed by atoms with Crippen LogP contribution in [-0.2, 0) is 27.4 Å². The second-order valence-electron chi connectivity index (χ2n) is 7.67. The number of thiocarbonyl (C=S) groups is 1. The van der Waals surface area contributed by atoms with Crippen LogP contribution >= 0.6 is 47.0 Å². The fourth-order valence-electron chi connectivity index (χ4n) is 3.17. The van der Waals surface area contributed by atoms with E-state index in [0.29, 0.717) is 44.2 Å². The summed E-state index contributed by atoms with van der Waals surface area (Å²) >= 11 is 22.9. The third-order valence-electron chi connectivity index (χ3n) is 5.02. The quantitative estimate of drug-likeness (QED) is 0.428. The highest BCUT2D eigenvalue weighted by Crippen LogP contribution is 2.30. The Hall–Kier alpha value is -2.43. The lowest BCUT2D eigenvalue weighted by atomic mass is 10.1. The number of benzene rings is 2. The largest absolute Gasteiger partial charge is 0.489 e. The molecule has 0 bridgehead atoms. The van der Waals surface area contributed by atoms with Crippen LogP contribution in [0.3, 0.4) is 0 Å². The fraction of sp³-hybridized carbons (Fsp3) is 0.304. The number of halogens is 3. The van der Waals surface area contributed by atoms with E-state index in [-0.39, 0.29) is 18.9 Å². The number of hydrogen-bond donors (Lipinski definition) is 3. The van der Waals surface area contributed by atoms with Gasteiger partial charge in [0, 0.05) is 28.8 Å². The van der Waals surface area contributed by atoms with Crippen LogP contribution in [0.2, 0.25) is 15.1 Å². The van der Waals surface area contributed by atoms with E-state index in [9.17, 15) is 14.4 Å². The second-order valence-corrected chi connectivity index (χ2v) is 9.50. The molecule has 1 aliphatic rings. The summed E-state index contributed by atoms with van der Waals surface area (Å²) in [6.45, 7) is 1.86. The first-order valence-corrected chi connectivity index (χ1v) is 11.8. The highest BCUT2D eigenvalue weighted by atomic mass is 35.5. The number of carboxylic acids is 2. The molecule has 1 aliphatic heterocycles. The van der Waals surface area contributed by atoms with Crippen LogP contribution in [0.1, 0.15) is 24.5 Å². The van der Waals surface area contributed by atoms with Gasteiger partial charge in [0.25, 0.3) is 0 Å². The van der Waals surface area contributed by atoms with Crippen LogP contribution < -0.4 is 10.5 Å². The number of carboxylic acid groups (broad SMARTS) is 2. The van der Waals surface area contributed by atoms with Gasteiger partial charge in [-0.05, 0) is 36.2 Å². The lowest BCUT2D eigenvalue weighted by Gasteiger charge is -2.18. The summed E-state index contributed by atoms with van der Waals surface area (Å²) in [6, 6.07) is 8.55. The normalized spacial score (nSPS) is 15.7. The SMILES string of the molecule is CC(=O)N1CC(=S)C[C@H]1C(=O)O.N[C@@H](Cc1ccc(OCc2c(Cl)cc(Cl)cc2Cl)cc1)C(=O)O. The molecule has 0 aromatic heterocycles. The zero-order chi connectivity index (χ0) is 26.3. The molecule has 1 fully saturated rings. The highest BCUT2D eigenvalue weighted by molar-refractivity contribution is 7.80. The summed E-state index contributed by atoms with van der Waals surface area (Å²) in [5, 5.41) is 18.8. The Kier molecular flexibility index (Phi) is 10.7. The van der Waals surface area contributed by atoms with Gasteiger partial charge in [-0.3, -0.25) is 9.59 Å². The third-order valence-corrected chi connectivity index (χ3v) is 6.21. The molecule has 1 amide bonds. The maximum absolute atomic E-state index is 10.9. The number of amides is 1. The van der Waals surface area contributed by atoms with Crippen LogP contribution in [0.15, 0.2) is 36.4 Å². The van der Waals surface area contributed by atoms with E-state index in [1.54, 1.807) is 36.4 Å². The number of rotatable bonds is 7. The van der Waals surface area contributed by atoms with Crippen molar-refractivity contribution in [2.45, 2.75) is 38.5 Å². The Morgan fingerprint density at radius 3 is 2.17 bits per heavy atom. The zero-order valence-corrected chi connectivity index (χ0v) is 21.6. The van der Waals surface area contributed by atoms with Crippen LogP contribution in [0, 0.1) is 0 Å². The molecule has 2 aromatic rings. The van der Waals surface area contributed by atoms with E-state index in [4.69, 9.17) is 67.7 Å². The molecule has 2 atom stereocenters. The number of likely N-dealkylation sites (tertiary alicyclic amines) is 1. The van der Waals surface area contributed by atoms with E-state index < -0.39 is 24.0 Å². The lowest BCUT2D eigenvalue weighted by Crippen LogP contribution is -2.39. The average Bonchev–Trinajstić information content (AvgIpc) is 3.17. The summed E-state index contributed by atoms with van der Waals surface area (Å²) in [4.78, 5) is 34.2. The number of aliphatic carboxylic acids is 2. The average molecular weight is 562 g/mol. The van der Waals surface area contributed by atoms with Crippen LogP contribution in [0.4, 0.5) is 0 Å².